The van der Waals surface area contributed by atoms with Gasteiger partial charge < -0.3 is 16.6 Å². The zero-order valence-electron chi connectivity index (χ0n) is 12.5. The van der Waals surface area contributed by atoms with Crippen LogP contribution >= 0.6 is 0 Å². The molecule has 0 aliphatic heterocycles. The van der Waals surface area contributed by atoms with Crippen LogP contribution in [-0.2, 0) is 5.60 Å². The van der Waals surface area contributed by atoms with Crippen molar-refractivity contribution in [2.24, 2.45) is 11.5 Å². The third-order valence-corrected chi connectivity index (χ3v) is 3.96. The van der Waals surface area contributed by atoms with Crippen LogP contribution in [0.1, 0.15) is 29.5 Å². The van der Waals surface area contributed by atoms with E-state index in [9.17, 15) is 5.11 Å². The molecule has 0 saturated heterocycles. The maximum Gasteiger partial charge on any atom is 0.115 e. The Bertz CT molecular complexity index is 553. The summed E-state index contributed by atoms with van der Waals surface area (Å²) in [5.74, 6) is 0. The molecule has 112 valence electrons. The highest BCUT2D eigenvalue weighted by Crippen LogP contribution is 2.34. The van der Waals surface area contributed by atoms with Gasteiger partial charge >= 0.3 is 0 Å². The molecule has 2 unspecified atom stereocenters. The minimum atomic E-state index is -1.03. The number of aryl methyl sites for hydroxylation is 1. The first-order chi connectivity index (χ1) is 10.1. The van der Waals surface area contributed by atoms with E-state index in [2.05, 4.69) is 0 Å². The van der Waals surface area contributed by atoms with E-state index >= 15 is 0 Å². The van der Waals surface area contributed by atoms with E-state index in [4.69, 9.17) is 11.5 Å². The molecule has 2 aromatic rings. The molecular formula is C18H24N2O. The fourth-order valence-corrected chi connectivity index (χ4v) is 2.51. The van der Waals surface area contributed by atoms with Gasteiger partial charge in [0.1, 0.15) is 5.60 Å². The molecule has 3 nitrogen and oxygen atoms in total. The smallest absolute Gasteiger partial charge is 0.115 e. The Morgan fingerprint density at radius 3 is 2.14 bits per heavy atom. The Kier molecular flexibility index (Phi) is 5.12. The van der Waals surface area contributed by atoms with Crippen molar-refractivity contribution >= 4 is 0 Å². The maximum absolute atomic E-state index is 11.3. The average molecular weight is 284 g/mol. The molecule has 3 heteroatoms. The summed E-state index contributed by atoms with van der Waals surface area (Å²) in [4.78, 5) is 0. The lowest BCUT2D eigenvalue weighted by Crippen LogP contribution is -2.34. The second-order valence-corrected chi connectivity index (χ2v) is 5.63. The van der Waals surface area contributed by atoms with Gasteiger partial charge in [0.15, 0.2) is 0 Å². The second-order valence-electron chi connectivity index (χ2n) is 5.63. The SMILES string of the molecule is Cc1ccc(C(O)(CCC(N)CN)c2ccccc2)cc1. The summed E-state index contributed by atoms with van der Waals surface area (Å²) in [6.07, 6.45) is 1.23. The summed E-state index contributed by atoms with van der Waals surface area (Å²) in [7, 11) is 0. The normalized spacial score (nSPS) is 15.4. The van der Waals surface area contributed by atoms with Crippen LogP contribution < -0.4 is 11.5 Å². The van der Waals surface area contributed by atoms with Crippen LogP contribution in [0.5, 0.6) is 0 Å². The summed E-state index contributed by atoms with van der Waals surface area (Å²) in [5, 5.41) is 11.3. The second kappa shape index (κ2) is 6.85. The van der Waals surface area contributed by atoms with E-state index in [0.717, 1.165) is 11.1 Å². The third kappa shape index (κ3) is 3.70. The van der Waals surface area contributed by atoms with E-state index in [0.29, 0.717) is 19.4 Å². The van der Waals surface area contributed by atoms with Crippen molar-refractivity contribution in [2.75, 3.05) is 6.54 Å². The molecule has 0 radical (unpaired) electrons. The van der Waals surface area contributed by atoms with Gasteiger partial charge in [0.2, 0.25) is 0 Å². The Labute approximate surface area is 126 Å². The van der Waals surface area contributed by atoms with E-state index in [1.807, 2.05) is 61.5 Å². The van der Waals surface area contributed by atoms with Gasteiger partial charge in [-0.1, -0.05) is 60.2 Å². The van der Waals surface area contributed by atoms with Crippen molar-refractivity contribution in [1.82, 2.24) is 0 Å². The largest absolute Gasteiger partial charge is 0.380 e. The van der Waals surface area contributed by atoms with Crippen molar-refractivity contribution in [3.63, 3.8) is 0 Å². The predicted octanol–water partition coefficient (Wildman–Crippen LogP) is 2.30. The zero-order chi connectivity index (χ0) is 15.3. The van der Waals surface area contributed by atoms with Crippen LogP contribution in [0.4, 0.5) is 0 Å². The third-order valence-electron chi connectivity index (χ3n) is 3.96. The number of nitrogens with two attached hydrogens (primary N) is 2. The predicted molar refractivity (Wildman–Crippen MR) is 86.9 cm³/mol. The first-order valence-corrected chi connectivity index (χ1v) is 7.37. The number of benzene rings is 2. The highest BCUT2D eigenvalue weighted by Gasteiger charge is 2.31. The molecule has 0 bridgehead atoms. The van der Waals surface area contributed by atoms with Crippen LogP contribution in [0.2, 0.25) is 0 Å². The molecule has 0 heterocycles. The van der Waals surface area contributed by atoms with Gasteiger partial charge in [0.05, 0.1) is 0 Å². The van der Waals surface area contributed by atoms with Crippen LogP contribution in [0.15, 0.2) is 54.6 Å². The highest BCUT2D eigenvalue weighted by molar-refractivity contribution is 5.37. The molecular weight excluding hydrogens is 260 g/mol. The van der Waals surface area contributed by atoms with Crippen molar-refractivity contribution in [2.45, 2.75) is 31.4 Å². The summed E-state index contributed by atoms with van der Waals surface area (Å²) >= 11 is 0. The van der Waals surface area contributed by atoms with Crippen LogP contribution in [0, 0.1) is 6.92 Å². The van der Waals surface area contributed by atoms with Gasteiger partial charge in [-0.3, -0.25) is 0 Å². The molecule has 0 fully saturated rings. The summed E-state index contributed by atoms with van der Waals surface area (Å²) < 4.78 is 0. The molecule has 2 atom stereocenters. The number of hydrogen-bond donors (Lipinski definition) is 3. The molecule has 0 amide bonds. The van der Waals surface area contributed by atoms with Gasteiger partial charge in [-0.2, -0.15) is 0 Å². The van der Waals surface area contributed by atoms with Crippen LogP contribution in [-0.4, -0.2) is 17.7 Å². The first-order valence-electron chi connectivity index (χ1n) is 7.37. The summed E-state index contributed by atoms with van der Waals surface area (Å²) in [5.41, 5.74) is 13.4. The van der Waals surface area contributed by atoms with Gasteiger partial charge in [0.25, 0.3) is 0 Å². The molecule has 0 aromatic heterocycles. The highest BCUT2D eigenvalue weighted by atomic mass is 16.3. The molecule has 0 aliphatic carbocycles. The van der Waals surface area contributed by atoms with E-state index in [-0.39, 0.29) is 6.04 Å². The lowest BCUT2D eigenvalue weighted by Gasteiger charge is -2.30. The van der Waals surface area contributed by atoms with E-state index in [1.165, 1.54) is 5.56 Å². The molecule has 0 aliphatic rings. The minimum Gasteiger partial charge on any atom is -0.380 e. The Morgan fingerprint density at radius 2 is 1.57 bits per heavy atom. The van der Waals surface area contributed by atoms with Gasteiger partial charge in [-0.25, -0.2) is 0 Å². The van der Waals surface area contributed by atoms with Crippen molar-refractivity contribution < 1.29 is 5.11 Å². The Hall–Kier alpha value is -1.68. The summed E-state index contributed by atoms with van der Waals surface area (Å²) in [6.45, 7) is 2.47. The molecule has 2 rings (SSSR count). The standard InChI is InChI=1S/C18H24N2O/c1-14-7-9-16(10-8-14)18(21,12-11-17(20)13-19)15-5-3-2-4-6-15/h2-10,17,21H,11-13,19-20H2,1H3. The molecule has 0 spiro atoms. The van der Waals surface area contributed by atoms with E-state index < -0.39 is 5.60 Å². The van der Waals surface area contributed by atoms with Crippen molar-refractivity contribution in [3.05, 3.63) is 71.3 Å². The number of hydrogen-bond acceptors (Lipinski definition) is 3. The van der Waals surface area contributed by atoms with Gasteiger partial charge in [-0.15, -0.1) is 0 Å². The van der Waals surface area contributed by atoms with Gasteiger partial charge in [0, 0.05) is 12.6 Å². The quantitative estimate of drug-likeness (QED) is 0.762. The molecule has 5 N–H and O–H groups in total. The Balaban J connectivity index is 2.36. The summed E-state index contributed by atoms with van der Waals surface area (Å²) in [6, 6.07) is 17.6. The van der Waals surface area contributed by atoms with Crippen molar-refractivity contribution in [3.8, 4) is 0 Å². The van der Waals surface area contributed by atoms with Crippen molar-refractivity contribution in [1.29, 1.82) is 0 Å². The fraction of sp³-hybridized carbons (Fsp3) is 0.333. The fourth-order valence-electron chi connectivity index (χ4n) is 2.51. The van der Waals surface area contributed by atoms with Gasteiger partial charge in [-0.05, 0) is 30.9 Å². The topological polar surface area (TPSA) is 72.3 Å². The Morgan fingerprint density at radius 1 is 1.00 bits per heavy atom. The molecule has 2 aromatic carbocycles. The van der Waals surface area contributed by atoms with Crippen LogP contribution in [0.3, 0.4) is 0 Å². The zero-order valence-corrected chi connectivity index (χ0v) is 12.5. The average Bonchev–Trinajstić information content (AvgIpc) is 2.53. The lowest BCUT2D eigenvalue weighted by molar-refractivity contribution is 0.0668. The minimum absolute atomic E-state index is 0.0920. The maximum atomic E-state index is 11.3. The lowest BCUT2D eigenvalue weighted by atomic mass is 9.81. The molecule has 0 saturated carbocycles. The van der Waals surface area contributed by atoms with Crippen LogP contribution in [0.25, 0.3) is 0 Å². The number of rotatable bonds is 6. The number of aliphatic hydroxyl groups is 1. The first kappa shape index (κ1) is 15.7. The molecule has 21 heavy (non-hydrogen) atoms. The monoisotopic (exact) mass is 284 g/mol. The van der Waals surface area contributed by atoms with E-state index in [1.54, 1.807) is 0 Å².